The van der Waals surface area contributed by atoms with Crippen LogP contribution in [-0.2, 0) is 28.9 Å². The molecule has 2 heterocycles. The van der Waals surface area contributed by atoms with E-state index >= 15 is 0 Å². The number of carbonyl (C=O) groups excluding carboxylic acids is 2. The number of aryl methyl sites for hydroxylation is 1. The molecule has 0 unspecified atom stereocenters. The number of rotatable bonds is 9. The van der Waals surface area contributed by atoms with E-state index < -0.39 is 22.7 Å². The van der Waals surface area contributed by atoms with Crippen molar-refractivity contribution in [1.82, 2.24) is 14.7 Å². The minimum absolute atomic E-state index is 0.0510. The molecule has 0 saturated heterocycles. The summed E-state index contributed by atoms with van der Waals surface area (Å²) in [4.78, 5) is 26.5. The van der Waals surface area contributed by atoms with Gasteiger partial charge < -0.3 is 14.6 Å². The predicted molar refractivity (Wildman–Crippen MR) is 111 cm³/mol. The van der Waals surface area contributed by atoms with Crippen LogP contribution in [0, 0.1) is 0 Å². The summed E-state index contributed by atoms with van der Waals surface area (Å²) in [6.45, 7) is 0.227. The lowest BCUT2D eigenvalue weighted by molar-refractivity contribution is -0.137. The Morgan fingerprint density at radius 3 is 2.69 bits per heavy atom. The van der Waals surface area contributed by atoms with Crippen molar-refractivity contribution in [3.8, 4) is 0 Å². The van der Waals surface area contributed by atoms with Crippen LogP contribution in [0.2, 0.25) is 5.02 Å². The van der Waals surface area contributed by atoms with E-state index in [0.717, 1.165) is 12.1 Å². The molecule has 2 aromatic heterocycles. The topological polar surface area (TPSA) is 80.4 Å². The largest absolute Gasteiger partial charge is 0.467 e. The summed E-state index contributed by atoms with van der Waals surface area (Å²) in [5, 5.41) is 5.99. The number of furan rings is 1. The van der Waals surface area contributed by atoms with Crippen LogP contribution in [-0.4, -0.2) is 33.0 Å². The summed E-state index contributed by atoms with van der Waals surface area (Å²) >= 11 is 5.61. The molecule has 170 valence electrons. The highest BCUT2D eigenvalue weighted by Crippen LogP contribution is 2.36. The fourth-order valence-corrected chi connectivity index (χ4v) is 3.22. The van der Waals surface area contributed by atoms with Gasteiger partial charge in [-0.25, -0.2) is 0 Å². The number of hydrogen-bond acceptors (Lipinski definition) is 4. The first-order valence-electron chi connectivity index (χ1n) is 9.66. The number of nitrogens with zero attached hydrogens (tertiary/aromatic N) is 3. The molecule has 0 atom stereocenters. The number of alkyl halides is 3. The van der Waals surface area contributed by atoms with Crippen LogP contribution in [0.15, 0.2) is 59.5 Å². The van der Waals surface area contributed by atoms with Crippen LogP contribution in [0.1, 0.15) is 24.2 Å². The SMILES string of the molecule is O=C(CN(Cc1ccco1)C(=O)CCCn1cccn1)Nc1ccc(Cl)c(C(F)(F)F)c1. The van der Waals surface area contributed by atoms with Gasteiger partial charge in [0.15, 0.2) is 0 Å². The van der Waals surface area contributed by atoms with Gasteiger partial charge in [0.25, 0.3) is 0 Å². The molecule has 0 fully saturated rings. The van der Waals surface area contributed by atoms with Crippen LogP contribution in [0.4, 0.5) is 18.9 Å². The molecule has 1 aromatic carbocycles. The second kappa shape index (κ2) is 10.4. The maximum atomic E-state index is 13.0. The van der Waals surface area contributed by atoms with Crippen LogP contribution >= 0.6 is 11.6 Å². The molecule has 0 aliphatic carbocycles. The molecule has 11 heteroatoms. The Kier molecular flexibility index (Phi) is 7.57. The normalized spacial score (nSPS) is 11.4. The Hall–Kier alpha value is -3.27. The highest BCUT2D eigenvalue weighted by Gasteiger charge is 2.33. The lowest BCUT2D eigenvalue weighted by Crippen LogP contribution is -2.37. The quantitative estimate of drug-likeness (QED) is 0.498. The molecule has 0 aliphatic rings. The molecule has 0 spiro atoms. The first-order valence-corrected chi connectivity index (χ1v) is 10.0. The van der Waals surface area contributed by atoms with E-state index in [1.165, 1.54) is 17.2 Å². The van der Waals surface area contributed by atoms with E-state index in [0.29, 0.717) is 18.7 Å². The molecule has 0 bridgehead atoms. The maximum Gasteiger partial charge on any atom is 0.417 e. The van der Waals surface area contributed by atoms with Gasteiger partial charge in [0.1, 0.15) is 12.3 Å². The van der Waals surface area contributed by atoms with Crippen LogP contribution in [0.3, 0.4) is 0 Å². The third kappa shape index (κ3) is 6.61. The van der Waals surface area contributed by atoms with Gasteiger partial charge in [0, 0.05) is 31.0 Å². The van der Waals surface area contributed by atoms with E-state index in [4.69, 9.17) is 16.0 Å². The highest BCUT2D eigenvalue weighted by molar-refractivity contribution is 6.31. The predicted octanol–water partition coefficient (Wildman–Crippen LogP) is 4.60. The van der Waals surface area contributed by atoms with Crippen molar-refractivity contribution in [3.63, 3.8) is 0 Å². The van der Waals surface area contributed by atoms with Crippen molar-refractivity contribution in [2.45, 2.75) is 32.1 Å². The van der Waals surface area contributed by atoms with E-state index in [1.54, 1.807) is 35.3 Å². The average Bonchev–Trinajstić information content (AvgIpc) is 3.42. The van der Waals surface area contributed by atoms with Crippen molar-refractivity contribution < 1.29 is 27.2 Å². The van der Waals surface area contributed by atoms with Crippen molar-refractivity contribution >= 4 is 29.1 Å². The van der Waals surface area contributed by atoms with Crippen LogP contribution < -0.4 is 5.32 Å². The van der Waals surface area contributed by atoms with Crippen LogP contribution in [0.5, 0.6) is 0 Å². The second-order valence-corrected chi connectivity index (χ2v) is 7.35. The first kappa shape index (κ1) is 23.4. The maximum absolute atomic E-state index is 13.0. The van der Waals surface area contributed by atoms with Crippen molar-refractivity contribution in [2.75, 3.05) is 11.9 Å². The number of hydrogen-bond donors (Lipinski definition) is 1. The Labute approximate surface area is 186 Å². The zero-order valence-electron chi connectivity index (χ0n) is 16.8. The van der Waals surface area contributed by atoms with Crippen molar-refractivity contribution in [1.29, 1.82) is 0 Å². The van der Waals surface area contributed by atoms with Gasteiger partial charge in [-0.2, -0.15) is 18.3 Å². The molecule has 7 nitrogen and oxygen atoms in total. The Bertz CT molecular complexity index is 1040. The number of carbonyl (C=O) groups is 2. The van der Waals surface area contributed by atoms with Gasteiger partial charge in [-0.05, 0) is 42.8 Å². The zero-order chi connectivity index (χ0) is 23.1. The van der Waals surface area contributed by atoms with Gasteiger partial charge in [-0.3, -0.25) is 14.3 Å². The minimum atomic E-state index is -4.66. The van der Waals surface area contributed by atoms with E-state index in [9.17, 15) is 22.8 Å². The molecule has 0 saturated carbocycles. The fraction of sp³-hybridized carbons (Fsp3) is 0.286. The van der Waals surface area contributed by atoms with Gasteiger partial charge in [0.05, 0.1) is 23.4 Å². The lowest BCUT2D eigenvalue weighted by Gasteiger charge is -2.21. The monoisotopic (exact) mass is 468 g/mol. The molecule has 3 rings (SSSR count). The second-order valence-electron chi connectivity index (χ2n) is 6.94. The lowest BCUT2D eigenvalue weighted by atomic mass is 10.2. The van der Waals surface area contributed by atoms with Crippen LogP contribution in [0.25, 0.3) is 0 Å². The zero-order valence-corrected chi connectivity index (χ0v) is 17.6. The Balaban J connectivity index is 1.64. The molecule has 2 amide bonds. The minimum Gasteiger partial charge on any atom is -0.467 e. The smallest absolute Gasteiger partial charge is 0.417 e. The van der Waals surface area contributed by atoms with E-state index in [2.05, 4.69) is 10.4 Å². The number of anilines is 1. The van der Waals surface area contributed by atoms with Crippen molar-refractivity contribution in [3.05, 3.63) is 71.4 Å². The molecule has 0 radical (unpaired) electrons. The molecule has 3 aromatic rings. The van der Waals surface area contributed by atoms with E-state index in [1.807, 2.05) is 0 Å². The standard InChI is InChI=1S/C21H20ClF3N4O3/c22-18-7-6-15(12-17(18)21(23,24)25)27-19(30)14-28(13-16-4-2-11-32-16)20(31)5-1-9-29-10-3-8-26-29/h2-4,6-8,10-12H,1,5,9,13-14H2,(H,27,30). The van der Waals surface area contributed by atoms with Gasteiger partial charge in [-0.1, -0.05) is 11.6 Å². The summed E-state index contributed by atoms with van der Waals surface area (Å²) in [7, 11) is 0. The number of amides is 2. The molecular formula is C21H20ClF3N4O3. The van der Waals surface area contributed by atoms with E-state index in [-0.39, 0.29) is 31.1 Å². The summed E-state index contributed by atoms with van der Waals surface area (Å²) < 4.78 is 46.1. The third-order valence-corrected chi connectivity index (χ3v) is 4.84. The summed E-state index contributed by atoms with van der Waals surface area (Å²) in [5.41, 5.74) is -1.13. The molecule has 1 N–H and O–H groups in total. The molecular weight excluding hydrogens is 449 g/mol. The average molecular weight is 469 g/mol. The number of benzene rings is 1. The first-order chi connectivity index (χ1) is 15.2. The fourth-order valence-electron chi connectivity index (χ4n) is 3.00. The Morgan fingerprint density at radius 1 is 1.22 bits per heavy atom. The summed E-state index contributed by atoms with van der Waals surface area (Å²) in [6, 6.07) is 8.16. The molecule has 0 aliphatic heterocycles. The molecule has 32 heavy (non-hydrogen) atoms. The number of halogens is 4. The third-order valence-electron chi connectivity index (χ3n) is 4.51. The Morgan fingerprint density at radius 2 is 2.03 bits per heavy atom. The van der Waals surface area contributed by atoms with Crippen molar-refractivity contribution in [2.24, 2.45) is 0 Å². The van der Waals surface area contributed by atoms with Gasteiger partial charge in [0.2, 0.25) is 11.8 Å². The summed E-state index contributed by atoms with van der Waals surface area (Å²) in [6.07, 6.45) is 0.863. The number of aromatic nitrogens is 2. The number of nitrogens with one attached hydrogen (secondary N) is 1. The van der Waals surface area contributed by atoms with Gasteiger partial charge in [-0.15, -0.1) is 0 Å². The summed E-state index contributed by atoms with van der Waals surface area (Å²) in [5.74, 6) is -0.465. The highest BCUT2D eigenvalue weighted by atomic mass is 35.5. The van der Waals surface area contributed by atoms with Gasteiger partial charge >= 0.3 is 6.18 Å².